The van der Waals surface area contributed by atoms with Gasteiger partial charge in [-0.15, -0.1) is 0 Å². The summed E-state index contributed by atoms with van der Waals surface area (Å²) in [6.07, 6.45) is 2.77. The van der Waals surface area contributed by atoms with E-state index in [1.807, 2.05) is 12.1 Å². The van der Waals surface area contributed by atoms with Gasteiger partial charge in [-0.05, 0) is 24.5 Å². The van der Waals surface area contributed by atoms with Crippen molar-refractivity contribution in [2.45, 2.75) is 32.6 Å². The van der Waals surface area contributed by atoms with Crippen molar-refractivity contribution in [3.05, 3.63) is 29.8 Å². The van der Waals surface area contributed by atoms with Crippen LogP contribution < -0.4 is 0 Å². The van der Waals surface area contributed by atoms with Gasteiger partial charge in [0, 0.05) is 6.42 Å². The molecule has 3 nitrogen and oxygen atoms in total. The number of ether oxygens (including phenoxy) is 1. The minimum atomic E-state index is -0.197. The Kier molecular flexibility index (Phi) is 5.40. The van der Waals surface area contributed by atoms with E-state index in [4.69, 9.17) is 4.74 Å². The molecule has 0 saturated heterocycles. The minimum absolute atomic E-state index is 0.197. The van der Waals surface area contributed by atoms with E-state index in [1.165, 1.54) is 0 Å². The summed E-state index contributed by atoms with van der Waals surface area (Å²) < 4.78 is 5.02. The fourth-order valence-corrected chi connectivity index (χ4v) is 1.36. The van der Waals surface area contributed by atoms with Crippen molar-refractivity contribution in [3.63, 3.8) is 0 Å². The second-order valence-electron chi connectivity index (χ2n) is 3.70. The zero-order chi connectivity index (χ0) is 11.8. The van der Waals surface area contributed by atoms with Crippen LogP contribution in [0.1, 0.15) is 31.7 Å². The Labute approximate surface area is 96.1 Å². The highest BCUT2D eigenvalue weighted by Crippen LogP contribution is 2.17. The number of aromatic hydroxyl groups is 1. The van der Waals surface area contributed by atoms with Gasteiger partial charge >= 0.3 is 5.97 Å². The lowest BCUT2D eigenvalue weighted by molar-refractivity contribution is -0.143. The number of carbonyl (C=O) groups is 1. The molecule has 1 aromatic rings. The van der Waals surface area contributed by atoms with E-state index in [-0.39, 0.29) is 11.7 Å². The molecule has 0 bridgehead atoms. The van der Waals surface area contributed by atoms with E-state index >= 15 is 0 Å². The van der Waals surface area contributed by atoms with Crippen LogP contribution >= 0.6 is 0 Å². The maximum Gasteiger partial charge on any atom is 0.306 e. The molecule has 88 valence electrons. The third-order valence-electron chi connectivity index (χ3n) is 2.35. The Hall–Kier alpha value is -1.51. The molecule has 0 saturated carbocycles. The molecular weight excluding hydrogens is 204 g/mol. The largest absolute Gasteiger partial charge is 0.508 e. The number of phenols is 1. The molecule has 0 fully saturated rings. The smallest absolute Gasteiger partial charge is 0.306 e. The molecule has 0 radical (unpaired) electrons. The number of carbonyl (C=O) groups excluding carboxylic acids is 1. The number of rotatable bonds is 6. The molecule has 16 heavy (non-hydrogen) atoms. The van der Waals surface area contributed by atoms with Gasteiger partial charge in [-0.1, -0.05) is 31.5 Å². The van der Waals surface area contributed by atoms with Crippen molar-refractivity contribution in [1.82, 2.24) is 0 Å². The van der Waals surface area contributed by atoms with Gasteiger partial charge in [-0.2, -0.15) is 0 Å². The highest BCUT2D eigenvalue weighted by atomic mass is 16.5. The van der Waals surface area contributed by atoms with Crippen LogP contribution in [-0.4, -0.2) is 17.7 Å². The lowest BCUT2D eigenvalue weighted by Gasteiger charge is -2.05. The summed E-state index contributed by atoms with van der Waals surface area (Å²) >= 11 is 0. The third kappa shape index (κ3) is 4.34. The van der Waals surface area contributed by atoms with E-state index in [1.54, 1.807) is 12.1 Å². The van der Waals surface area contributed by atoms with Gasteiger partial charge in [0.2, 0.25) is 0 Å². The summed E-state index contributed by atoms with van der Waals surface area (Å²) in [6.45, 7) is 2.55. The third-order valence-corrected chi connectivity index (χ3v) is 2.35. The van der Waals surface area contributed by atoms with E-state index in [0.29, 0.717) is 19.4 Å². The Morgan fingerprint density at radius 2 is 2.12 bits per heavy atom. The summed E-state index contributed by atoms with van der Waals surface area (Å²) in [5.41, 5.74) is 0.787. The molecule has 1 rings (SSSR count). The summed E-state index contributed by atoms with van der Waals surface area (Å²) in [6, 6.07) is 7.04. The molecule has 0 amide bonds. The van der Waals surface area contributed by atoms with Crippen LogP contribution in [-0.2, 0) is 16.0 Å². The predicted molar refractivity (Wildman–Crippen MR) is 62.3 cm³/mol. The Balaban J connectivity index is 2.29. The SMILES string of the molecule is CCCCOC(=O)CCc1ccccc1O. The van der Waals surface area contributed by atoms with Gasteiger partial charge < -0.3 is 9.84 Å². The summed E-state index contributed by atoms with van der Waals surface area (Å²) in [4.78, 5) is 11.3. The Morgan fingerprint density at radius 3 is 2.81 bits per heavy atom. The highest BCUT2D eigenvalue weighted by Gasteiger charge is 2.05. The molecule has 0 heterocycles. The van der Waals surface area contributed by atoms with Crippen LogP contribution in [0.2, 0.25) is 0 Å². The number of esters is 1. The van der Waals surface area contributed by atoms with Gasteiger partial charge in [0.25, 0.3) is 0 Å². The number of para-hydroxylation sites is 1. The first-order valence-electron chi connectivity index (χ1n) is 5.66. The monoisotopic (exact) mass is 222 g/mol. The number of hydrogen-bond donors (Lipinski definition) is 1. The molecule has 0 aliphatic carbocycles. The highest BCUT2D eigenvalue weighted by molar-refractivity contribution is 5.69. The molecule has 0 aliphatic rings. The molecule has 1 aromatic carbocycles. The summed E-state index contributed by atoms with van der Waals surface area (Å²) in [7, 11) is 0. The normalized spacial score (nSPS) is 10.1. The maximum absolute atomic E-state index is 11.3. The second kappa shape index (κ2) is 6.88. The Morgan fingerprint density at radius 1 is 1.38 bits per heavy atom. The van der Waals surface area contributed by atoms with Crippen molar-refractivity contribution in [2.24, 2.45) is 0 Å². The molecule has 0 unspecified atom stereocenters. The number of unbranched alkanes of at least 4 members (excludes halogenated alkanes) is 1. The topological polar surface area (TPSA) is 46.5 Å². The summed E-state index contributed by atoms with van der Waals surface area (Å²) in [5, 5.41) is 9.49. The fraction of sp³-hybridized carbons (Fsp3) is 0.462. The van der Waals surface area contributed by atoms with Crippen molar-refractivity contribution >= 4 is 5.97 Å². The van der Waals surface area contributed by atoms with Crippen LogP contribution in [0.4, 0.5) is 0 Å². The average Bonchev–Trinajstić information content (AvgIpc) is 2.28. The molecule has 3 heteroatoms. The number of aryl methyl sites for hydroxylation is 1. The van der Waals surface area contributed by atoms with Crippen molar-refractivity contribution < 1.29 is 14.6 Å². The molecule has 1 N–H and O–H groups in total. The Bertz CT molecular complexity index is 334. The van der Waals surface area contributed by atoms with Crippen molar-refractivity contribution in [2.75, 3.05) is 6.61 Å². The molecule has 0 aromatic heterocycles. The van der Waals surface area contributed by atoms with Crippen molar-refractivity contribution in [3.8, 4) is 5.75 Å². The van der Waals surface area contributed by atoms with E-state index < -0.39 is 0 Å². The standard InChI is InChI=1S/C13H18O3/c1-2-3-10-16-13(15)9-8-11-6-4-5-7-12(11)14/h4-7,14H,2-3,8-10H2,1H3. The lowest BCUT2D eigenvalue weighted by atomic mass is 10.1. The van der Waals surface area contributed by atoms with Gasteiger partial charge in [0.15, 0.2) is 0 Å². The predicted octanol–water partition coefficient (Wildman–Crippen LogP) is 2.67. The first-order chi connectivity index (χ1) is 7.74. The van der Waals surface area contributed by atoms with Gasteiger partial charge in [-0.25, -0.2) is 0 Å². The zero-order valence-electron chi connectivity index (χ0n) is 9.61. The van der Waals surface area contributed by atoms with Crippen LogP contribution in [0.5, 0.6) is 5.75 Å². The minimum Gasteiger partial charge on any atom is -0.508 e. The van der Waals surface area contributed by atoms with Crippen LogP contribution in [0, 0.1) is 0 Å². The lowest BCUT2D eigenvalue weighted by Crippen LogP contribution is -2.06. The maximum atomic E-state index is 11.3. The molecule has 0 spiro atoms. The zero-order valence-corrected chi connectivity index (χ0v) is 9.61. The second-order valence-corrected chi connectivity index (χ2v) is 3.70. The van der Waals surface area contributed by atoms with Crippen LogP contribution in [0.3, 0.4) is 0 Å². The molecule has 0 atom stereocenters. The van der Waals surface area contributed by atoms with Gasteiger partial charge in [0.1, 0.15) is 5.75 Å². The first kappa shape index (κ1) is 12.6. The number of hydrogen-bond acceptors (Lipinski definition) is 3. The van der Waals surface area contributed by atoms with Gasteiger partial charge in [0.05, 0.1) is 6.61 Å². The number of phenolic OH excluding ortho intramolecular Hbond substituents is 1. The van der Waals surface area contributed by atoms with Gasteiger partial charge in [-0.3, -0.25) is 4.79 Å². The van der Waals surface area contributed by atoms with Crippen molar-refractivity contribution in [1.29, 1.82) is 0 Å². The quantitative estimate of drug-likeness (QED) is 0.594. The summed E-state index contributed by atoms with van der Waals surface area (Å²) in [5.74, 6) is 0.0422. The van der Waals surface area contributed by atoms with E-state index in [9.17, 15) is 9.90 Å². The molecular formula is C13H18O3. The van der Waals surface area contributed by atoms with Crippen LogP contribution in [0.25, 0.3) is 0 Å². The fourth-order valence-electron chi connectivity index (χ4n) is 1.36. The molecule has 0 aliphatic heterocycles. The number of benzene rings is 1. The average molecular weight is 222 g/mol. The first-order valence-corrected chi connectivity index (χ1v) is 5.66. The van der Waals surface area contributed by atoms with E-state index in [0.717, 1.165) is 18.4 Å². The van der Waals surface area contributed by atoms with Crippen LogP contribution in [0.15, 0.2) is 24.3 Å². The van der Waals surface area contributed by atoms with E-state index in [2.05, 4.69) is 6.92 Å².